The van der Waals surface area contributed by atoms with Gasteiger partial charge in [-0.1, -0.05) is 13.3 Å². The van der Waals surface area contributed by atoms with Crippen LogP contribution in [0.5, 0.6) is 0 Å². The number of carbonyl (C=O) groups is 1. The number of hydrogen-bond acceptors (Lipinski definition) is 2. The van der Waals surface area contributed by atoms with Crippen LogP contribution in [0.4, 0.5) is 0 Å². The summed E-state index contributed by atoms with van der Waals surface area (Å²) in [6, 6.07) is 0.0926. The highest BCUT2D eigenvalue weighted by Crippen LogP contribution is 2.29. The Morgan fingerprint density at radius 3 is 2.64 bits per heavy atom. The topological polar surface area (TPSA) is 29.1 Å². The predicted octanol–water partition coefficient (Wildman–Crippen LogP) is 1.35. The van der Waals surface area contributed by atoms with Crippen LogP contribution in [0.25, 0.3) is 0 Å². The summed E-state index contributed by atoms with van der Waals surface area (Å²) in [7, 11) is 0. The third-order valence-corrected chi connectivity index (χ3v) is 2.51. The fourth-order valence-electron chi connectivity index (χ4n) is 1.95. The highest BCUT2D eigenvalue weighted by molar-refractivity contribution is 5.59. The number of carbonyl (C=O) groups excluding carboxylic acids is 1. The van der Waals surface area contributed by atoms with Gasteiger partial charge in [0.1, 0.15) is 6.29 Å². The van der Waals surface area contributed by atoms with E-state index >= 15 is 0 Å². The summed E-state index contributed by atoms with van der Waals surface area (Å²) < 4.78 is 0. The van der Waals surface area contributed by atoms with Crippen LogP contribution in [-0.2, 0) is 4.79 Å². The SMILES string of the molecule is CCC1CC(C)(C)NC1C=O. The molecule has 2 heteroatoms. The summed E-state index contributed by atoms with van der Waals surface area (Å²) in [5.74, 6) is 0.544. The first-order valence-corrected chi connectivity index (χ1v) is 4.32. The molecule has 0 bridgehead atoms. The average Bonchev–Trinajstić information content (AvgIpc) is 2.25. The first kappa shape index (κ1) is 8.72. The van der Waals surface area contributed by atoms with Crippen molar-refractivity contribution in [3.8, 4) is 0 Å². The molecule has 2 nitrogen and oxygen atoms in total. The highest BCUT2D eigenvalue weighted by atomic mass is 16.1. The van der Waals surface area contributed by atoms with Gasteiger partial charge in [0.05, 0.1) is 6.04 Å². The highest BCUT2D eigenvalue weighted by Gasteiger charge is 2.36. The molecule has 0 amide bonds. The lowest BCUT2D eigenvalue weighted by Gasteiger charge is -2.17. The summed E-state index contributed by atoms with van der Waals surface area (Å²) >= 11 is 0. The van der Waals surface area contributed by atoms with Crippen molar-refractivity contribution in [2.75, 3.05) is 0 Å². The van der Waals surface area contributed by atoms with Crippen molar-refractivity contribution in [1.82, 2.24) is 5.32 Å². The average molecular weight is 155 g/mol. The fourth-order valence-corrected chi connectivity index (χ4v) is 1.95. The molecule has 0 radical (unpaired) electrons. The smallest absolute Gasteiger partial charge is 0.137 e. The van der Waals surface area contributed by atoms with Gasteiger partial charge in [-0.05, 0) is 26.2 Å². The minimum absolute atomic E-state index is 0.0926. The van der Waals surface area contributed by atoms with Crippen molar-refractivity contribution < 1.29 is 4.79 Å². The summed E-state index contributed by atoms with van der Waals surface area (Å²) in [6.07, 6.45) is 3.26. The Morgan fingerprint density at radius 1 is 1.64 bits per heavy atom. The second kappa shape index (κ2) is 2.94. The first-order valence-electron chi connectivity index (χ1n) is 4.32. The lowest BCUT2D eigenvalue weighted by molar-refractivity contribution is -0.110. The van der Waals surface area contributed by atoms with Crippen LogP contribution in [0.1, 0.15) is 33.6 Å². The van der Waals surface area contributed by atoms with Crippen LogP contribution in [0.15, 0.2) is 0 Å². The summed E-state index contributed by atoms with van der Waals surface area (Å²) in [4.78, 5) is 10.6. The molecule has 1 N–H and O–H groups in total. The van der Waals surface area contributed by atoms with E-state index in [0.717, 1.165) is 19.1 Å². The van der Waals surface area contributed by atoms with Crippen LogP contribution in [0.2, 0.25) is 0 Å². The summed E-state index contributed by atoms with van der Waals surface area (Å²) in [5.41, 5.74) is 0.159. The van der Waals surface area contributed by atoms with E-state index < -0.39 is 0 Å². The predicted molar refractivity (Wildman–Crippen MR) is 45.5 cm³/mol. The van der Waals surface area contributed by atoms with Gasteiger partial charge in [-0.25, -0.2) is 0 Å². The normalized spacial score (nSPS) is 35.5. The third-order valence-electron chi connectivity index (χ3n) is 2.51. The van der Waals surface area contributed by atoms with Crippen molar-refractivity contribution in [3.63, 3.8) is 0 Å². The van der Waals surface area contributed by atoms with Crippen LogP contribution in [-0.4, -0.2) is 17.9 Å². The maximum Gasteiger partial charge on any atom is 0.137 e. The van der Waals surface area contributed by atoms with Gasteiger partial charge in [-0.2, -0.15) is 0 Å². The van der Waals surface area contributed by atoms with Crippen LogP contribution >= 0.6 is 0 Å². The zero-order valence-electron chi connectivity index (χ0n) is 7.55. The molecule has 1 saturated heterocycles. The van der Waals surface area contributed by atoms with E-state index in [4.69, 9.17) is 0 Å². The Morgan fingerprint density at radius 2 is 2.27 bits per heavy atom. The molecule has 2 unspecified atom stereocenters. The molecule has 1 heterocycles. The number of aldehydes is 1. The van der Waals surface area contributed by atoms with E-state index in [-0.39, 0.29) is 11.6 Å². The molecule has 0 saturated carbocycles. The van der Waals surface area contributed by atoms with Crippen molar-refractivity contribution >= 4 is 6.29 Å². The second-order valence-electron chi connectivity index (χ2n) is 4.06. The lowest BCUT2D eigenvalue weighted by Crippen LogP contribution is -2.38. The minimum atomic E-state index is 0.0926. The largest absolute Gasteiger partial charge is 0.302 e. The minimum Gasteiger partial charge on any atom is -0.302 e. The van der Waals surface area contributed by atoms with Crippen LogP contribution < -0.4 is 5.32 Å². The van der Waals surface area contributed by atoms with Crippen molar-refractivity contribution in [3.05, 3.63) is 0 Å². The number of hydrogen-bond donors (Lipinski definition) is 1. The second-order valence-corrected chi connectivity index (χ2v) is 4.06. The monoisotopic (exact) mass is 155 g/mol. The fraction of sp³-hybridized carbons (Fsp3) is 0.889. The number of rotatable bonds is 2. The van der Waals surface area contributed by atoms with Crippen molar-refractivity contribution in [2.45, 2.75) is 45.2 Å². The Balaban J connectivity index is 2.62. The zero-order chi connectivity index (χ0) is 8.48. The maximum atomic E-state index is 10.6. The van der Waals surface area contributed by atoms with Gasteiger partial charge in [-0.15, -0.1) is 0 Å². The van der Waals surface area contributed by atoms with E-state index in [1.807, 2.05) is 0 Å². The summed E-state index contributed by atoms with van der Waals surface area (Å²) in [6.45, 7) is 6.45. The van der Waals surface area contributed by atoms with Gasteiger partial charge < -0.3 is 10.1 Å². The van der Waals surface area contributed by atoms with Crippen molar-refractivity contribution in [2.24, 2.45) is 5.92 Å². The lowest BCUT2D eigenvalue weighted by atomic mass is 9.92. The Hall–Kier alpha value is -0.370. The van der Waals surface area contributed by atoms with Gasteiger partial charge in [0.2, 0.25) is 0 Å². The van der Waals surface area contributed by atoms with E-state index in [9.17, 15) is 4.79 Å². The van der Waals surface area contributed by atoms with E-state index in [1.54, 1.807) is 0 Å². The van der Waals surface area contributed by atoms with Gasteiger partial charge in [0, 0.05) is 5.54 Å². The maximum absolute atomic E-state index is 10.6. The molecule has 11 heavy (non-hydrogen) atoms. The summed E-state index contributed by atoms with van der Waals surface area (Å²) in [5, 5.41) is 3.31. The quantitative estimate of drug-likeness (QED) is 0.610. The Labute approximate surface area is 68.4 Å². The van der Waals surface area contributed by atoms with E-state index in [0.29, 0.717) is 5.92 Å². The van der Waals surface area contributed by atoms with E-state index in [1.165, 1.54) is 0 Å². The van der Waals surface area contributed by atoms with Gasteiger partial charge >= 0.3 is 0 Å². The number of nitrogens with one attached hydrogen (secondary N) is 1. The molecule has 1 aliphatic rings. The zero-order valence-corrected chi connectivity index (χ0v) is 7.55. The van der Waals surface area contributed by atoms with Crippen LogP contribution in [0, 0.1) is 5.92 Å². The molecule has 2 atom stereocenters. The van der Waals surface area contributed by atoms with Crippen LogP contribution in [0.3, 0.4) is 0 Å². The molecule has 0 spiro atoms. The van der Waals surface area contributed by atoms with Crippen molar-refractivity contribution in [1.29, 1.82) is 0 Å². The molecule has 0 aromatic carbocycles. The molecule has 0 aliphatic carbocycles. The molecule has 0 aromatic rings. The molecule has 1 rings (SSSR count). The molecule has 1 fully saturated rings. The van der Waals surface area contributed by atoms with E-state index in [2.05, 4.69) is 26.1 Å². The first-order chi connectivity index (χ1) is 5.09. The van der Waals surface area contributed by atoms with Gasteiger partial charge in [-0.3, -0.25) is 0 Å². The molecule has 64 valence electrons. The molecule has 0 aromatic heterocycles. The standard InChI is InChI=1S/C9H17NO/c1-4-7-5-9(2,3)10-8(7)6-11/h6-8,10H,4-5H2,1-3H3. The molecular weight excluding hydrogens is 138 g/mol. The molecule has 1 aliphatic heterocycles. The third kappa shape index (κ3) is 1.80. The Bertz CT molecular complexity index is 154. The Kier molecular flexibility index (Phi) is 2.33. The molecular formula is C9H17NO. The van der Waals surface area contributed by atoms with Gasteiger partial charge in [0.25, 0.3) is 0 Å². The van der Waals surface area contributed by atoms with Gasteiger partial charge in [0.15, 0.2) is 0 Å².